The van der Waals surface area contributed by atoms with E-state index in [2.05, 4.69) is 192 Å². The van der Waals surface area contributed by atoms with Gasteiger partial charge in [0.25, 0.3) is 0 Å². The zero-order chi connectivity index (χ0) is 35.6. The number of rotatable bonds is 6. The number of thiophene rings is 1. The Kier molecular flexibility index (Phi) is 7.04. The van der Waals surface area contributed by atoms with Crippen LogP contribution in [0.25, 0.3) is 63.7 Å². The topological polar surface area (TPSA) is 19.6 Å². The molecule has 0 aliphatic rings. The van der Waals surface area contributed by atoms with Crippen LogP contribution in [0.4, 0.5) is 34.1 Å². The average Bonchev–Trinajstić information content (AvgIpc) is 3.80. The van der Waals surface area contributed by atoms with Gasteiger partial charge < -0.3 is 14.2 Å². The number of anilines is 6. The van der Waals surface area contributed by atoms with Crippen molar-refractivity contribution in [1.29, 1.82) is 0 Å². The van der Waals surface area contributed by atoms with E-state index in [-0.39, 0.29) is 0 Å². The quantitative estimate of drug-likeness (QED) is 0.171. The van der Waals surface area contributed by atoms with Crippen LogP contribution in [-0.2, 0) is 0 Å². The first-order valence-corrected chi connectivity index (χ1v) is 19.1. The van der Waals surface area contributed by atoms with Crippen LogP contribution in [0.1, 0.15) is 0 Å². The molecule has 0 saturated heterocycles. The van der Waals surface area contributed by atoms with Crippen LogP contribution in [0.2, 0.25) is 0 Å². The summed E-state index contributed by atoms with van der Waals surface area (Å²) in [6.45, 7) is 0. The molecule has 54 heavy (non-hydrogen) atoms. The molecule has 0 radical (unpaired) electrons. The first kappa shape index (κ1) is 30.7. The molecule has 11 aromatic rings. The molecular weight excluding hydrogens is 677 g/mol. The second kappa shape index (κ2) is 12.4. The van der Waals surface area contributed by atoms with E-state index in [9.17, 15) is 0 Å². The third-order valence-corrected chi connectivity index (χ3v) is 11.7. The predicted octanol–water partition coefficient (Wildman–Crippen LogP) is 15.2. The molecule has 0 spiro atoms. The first-order chi connectivity index (χ1) is 26.8. The van der Waals surface area contributed by atoms with E-state index in [1.54, 1.807) is 0 Å². The van der Waals surface area contributed by atoms with Crippen molar-refractivity contribution in [3.8, 4) is 0 Å². The molecule has 2 aromatic heterocycles. The van der Waals surface area contributed by atoms with E-state index >= 15 is 0 Å². The lowest BCUT2D eigenvalue weighted by Gasteiger charge is -2.28. The highest BCUT2D eigenvalue weighted by atomic mass is 32.1. The Morgan fingerprint density at radius 1 is 0.333 bits per heavy atom. The Balaban J connectivity index is 1.10. The van der Waals surface area contributed by atoms with E-state index < -0.39 is 0 Å². The molecule has 4 heteroatoms. The highest BCUT2D eigenvalue weighted by molar-refractivity contribution is 7.25. The van der Waals surface area contributed by atoms with Gasteiger partial charge >= 0.3 is 0 Å². The SMILES string of the molecule is c1ccc(N(c2ccc3sc4cc(N(c5cccc6ccccc56)c5cccc6ccccc56)ccc4c3c2)c2cccc3c2oc2ccccc23)cc1. The fourth-order valence-corrected chi connectivity index (χ4v) is 9.28. The van der Waals surface area contributed by atoms with Crippen LogP contribution < -0.4 is 9.80 Å². The zero-order valence-corrected chi connectivity index (χ0v) is 30.0. The number of benzene rings is 9. The van der Waals surface area contributed by atoms with Crippen LogP contribution in [0.5, 0.6) is 0 Å². The fraction of sp³-hybridized carbons (Fsp3) is 0. The minimum Gasteiger partial charge on any atom is -0.454 e. The van der Waals surface area contributed by atoms with Gasteiger partial charge in [0.1, 0.15) is 5.58 Å². The molecule has 0 amide bonds. The molecule has 0 bridgehead atoms. The van der Waals surface area contributed by atoms with Gasteiger partial charge in [-0.25, -0.2) is 0 Å². The fourth-order valence-electron chi connectivity index (χ4n) is 8.16. The Morgan fingerprint density at radius 3 is 1.67 bits per heavy atom. The molecule has 11 rings (SSSR count). The molecule has 0 atom stereocenters. The van der Waals surface area contributed by atoms with Crippen molar-refractivity contribution >= 4 is 109 Å². The van der Waals surface area contributed by atoms with Gasteiger partial charge in [0.05, 0.1) is 17.1 Å². The van der Waals surface area contributed by atoms with Crippen LogP contribution in [0.15, 0.2) is 199 Å². The standard InChI is InChI=1S/C50H32N2OS/c1-2-17-35(18-3-1)51(46-25-12-22-42-40-21-8-9-26-47(40)53-50(42)46)36-28-30-48-43(31-36)41-29-27-37(32-49(41)54-48)52(44-23-10-15-33-13-4-6-19-38(33)44)45-24-11-16-34-14-5-7-20-39(34)45/h1-32H. The van der Waals surface area contributed by atoms with Crippen molar-refractivity contribution < 1.29 is 4.42 Å². The van der Waals surface area contributed by atoms with E-state index in [1.165, 1.54) is 41.7 Å². The smallest absolute Gasteiger partial charge is 0.159 e. The second-order valence-corrected chi connectivity index (χ2v) is 14.8. The van der Waals surface area contributed by atoms with Crippen LogP contribution >= 0.6 is 11.3 Å². The summed E-state index contributed by atoms with van der Waals surface area (Å²) >= 11 is 1.84. The summed E-state index contributed by atoms with van der Waals surface area (Å²) in [5.41, 5.74) is 8.39. The van der Waals surface area contributed by atoms with Crippen LogP contribution in [-0.4, -0.2) is 0 Å². The third-order valence-electron chi connectivity index (χ3n) is 10.6. The summed E-state index contributed by atoms with van der Waals surface area (Å²) in [6.07, 6.45) is 0. The van der Waals surface area contributed by atoms with Crippen molar-refractivity contribution in [2.75, 3.05) is 9.80 Å². The van der Waals surface area contributed by atoms with Gasteiger partial charge in [-0.15, -0.1) is 11.3 Å². The molecule has 0 unspecified atom stereocenters. The van der Waals surface area contributed by atoms with E-state index in [4.69, 9.17) is 4.42 Å². The Hall–Kier alpha value is -6.88. The highest BCUT2D eigenvalue weighted by Crippen LogP contribution is 2.47. The summed E-state index contributed by atoms with van der Waals surface area (Å²) in [5.74, 6) is 0. The van der Waals surface area contributed by atoms with Crippen molar-refractivity contribution in [2.45, 2.75) is 0 Å². The third kappa shape index (κ3) is 4.88. The van der Waals surface area contributed by atoms with Crippen LogP contribution in [0, 0.1) is 0 Å². The maximum atomic E-state index is 6.57. The number of fused-ring (bicyclic) bond motifs is 8. The first-order valence-electron chi connectivity index (χ1n) is 18.3. The summed E-state index contributed by atoms with van der Waals surface area (Å²) in [4.78, 5) is 4.76. The van der Waals surface area contributed by atoms with Gasteiger partial charge in [0, 0.05) is 58.8 Å². The van der Waals surface area contributed by atoms with Gasteiger partial charge in [-0.2, -0.15) is 0 Å². The van der Waals surface area contributed by atoms with Crippen molar-refractivity contribution in [1.82, 2.24) is 0 Å². The molecule has 0 N–H and O–H groups in total. The number of para-hydroxylation sites is 3. The Bertz CT molecular complexity index is 3110. The number of nitrogens with zero attached hydrogens (tertiary/aromatic N) is 2. The summed E-state index contributed by atoms with van der Waals surface area (Å²) < 4.78 is 9.07. The lowest BCUT2D eigenvalue weighted by Crippen LogP contribution is -2.11. The summed E-state index contributed by atoms with van der Waals surface area (Å²) in [7, 11) is 0. The molecule has 2 heterocycles. The van der Waals surface area contributed by atoms with Crippen molar-refractivity contribution in [2.24, 2.45) is 0 Å². The molecule has 0 fully saturated rings. The van der Waals surface area contributed by atoms with Crippen molar-refractivity contribution in [3.05, 3.63) is 194 Å². The maximum absolute atomic E-state index is 6.57. The number of hydrogen-bond donors (Lipinski definition) is 0. The van der Waals surface area contributed by atoms with Gasteiger partial charge in [-0.05, 0) is 77.5 Å². The molecule has 0 saturated carbocycles. The minimum absolute atomic E-state index is 0.879. The summed E-state index contributed by atoms with van der Waals surface area (Å²) in [6, 6.07) is 69.7. The molecule has 0 aliphatic heterocycles. The summed E-state index contributed by atoms with van der Waals surface area (Å²) in [5, 5.41) is 9.59. The Labute approximate surface area is 316 Å². The average molecular weight is 709 g/mol. The Morgan fingerprint density at radius 2 is 0.907 bits per heavy atom. The van der Waals surface area contributed by atoms with E-state index in [0.29, 0.717) is 0 Å². The maximum Gasteiger partial charge on any atom is 0.159 e. The van der Waals surface area contributed by atoms with E-state index in [0.717, 1.165) is 56.1 Å². The minimum atomic E-state index is 0.879. The van der Waals surface area contributed by atoms with Gasteiger partial charge in [0.15, 0.2) is 5.58 Å². The molecule has 9 aromatic carbocycles. The lowest BCUT2D eigenvalue weighted by molar-refractivity contribution is 0.669. The lowest BCUT2D eigenvalue weighted by atomic mass is 10.0. The normalized spacial score (nSPS) is 11.7. The molecule has 0 aliphatic carbocycles. The number of hydrogen-bond acceptors (Lipinski definition) is 4. The molecule has 3 nitrogen and oxygen atoms in total. The number of furan rings is 1. The van der Waals surface area contributed by atoms with Crippen molar-refractivity contribution in [3.63, 3.8) is 0 Å². The van der Waals surface area contributed by atoms with Gasteiger partial charge in [-0.1, -0.05) is 127 Å². The highest BCUT2D eigenvalue weighted by Gasteiger charge is 2.22. The molecular formula is C50H32N2OS. The zero-order valence-electron chi connectivity index (χ0n) is 29.2. The monoisotopic (exact) mass is 708 g/mol. The largest absolute Gasteiger partial charge is 0.454 e. The van der Waals surface area contributed by atoms with Gasteiger partial charge in [-0.3, -0.25) is 0 Å². The van der Waals surface area contributed by atoms with Crippen LogP contribution in [0.3, 0.4) is 0 Å². The predicted molar refractivity (Wildman–Crippen MR) is 231 cm³/mol. The second-order valence-electron chi connectivity index (χ2n) is 13.7. The van der Waals surface area contributed by atoms with Gasteiger partial charge in [0.2, 0.25) is 0 Å². The van der Waals surface area contributed by atoms with E-state index in [1.807, 2.05) is 23.5 Å². The molecule has 254 valence electrons.